The Hall–Kier alpha value is -9.18. The number of rotatable bonds is 11. The van der Waals surface area contributed by atoms with Crippen LogP contribution in [0.3, 0.4) is 0 Å². The summed E-state index contributed by atoms with van der Waals surface area (Å²) in [6, 6.07) is 97.7. The summed E-state index contributed by atoms with van der Waals surface area (Å²) in [6.07, 6.45) is 0. The molecule has 13 rings (SSSR count). The molecule has 3 nitrogen and oxygen atoms in total. The van der Waals surface area contributed by atoms with Crippen molar-refractivity contribution < 1.29 is 0 Å². The van der Waals surface area contributed by atoms with Gasteiger partial charge in [0.15, 0.2) is 0 Å². The van der Waals surface area contributed by atoms with Gasteiger partial charge in [0.1, 0.15) is 0 Å². The number of nitrogens with one attached hydrogen (secondary N) is 1. The average Bonchev–Trinajstić information content (AvgIpc) is 3.91. The van der Waals surface area contributed by atoms with Crippen LogP contribution in [0.25, 0.3) is 55.6 Å². The lowest BCUT2D eigenvalue weighted by atomic mass is 9.81. The van der Waals surface area contributed by atoms with Crippen molar-refractivity contribution in [3.05, 3.63) is 289 Å². The monoisotopic (exact) mass is 963 g/mol. The number of anilines is 8. The van der Waals surface area contributed by atoms with Crippen LogP contribution in [0.15, 0.2) is 267 Å². The van der Waals surface area contributed by atoms with Crippen molar-refractivity contribution in [1.82, 2.24) is 0 Å². The second kappa shape index (κ2) is 18.4. The number of benzene rings is 11. The summed E-state index contributed by atoms with van der Waals surface area (Å²) in [6.45, 7) is 9.46. The molecule has 0 atom stereocenters. The summed E-state index contributed by atoms with van der Waals surface area (Å²) in [5, 5.41) is 4.20. The Bertz CT molecular complexity index is 3770. The predicted molar refractivity (Wildman–Crippen MR) is 317 cm³/mol. The Kier molecular flexibility index (Phi) is 11.2. The molecular formula is C72H57N3. The standard InChI is InChI=1S/C72H57N3/c1-71(2)64-37-21-17-35-59(64)62-43-51(41-42-66(62)71)61-47-63-60-36-18-22-38-65(60)72(3,4)67(63)48-68(61)73-52-44-55(74(53-29-13-7-14-30-53)69-39-23-19-33-57(69)49-25-9-5-10-26-49)46-56(45-52)75(54-31-15-8-16-32-54)70-40-24-20-34-58(70)50-27-11-6-12-28-50/h5-48,73H,1-4H3. The van der Waals surface area contributed by atoms with Crippen molar-refractivity contribution in [2.45, 2.75) is 38.5 Å². The molecule has 0 spiro atoms. The molecule has 0 aromatic heterocycles. The van der Waals surface area contributed by atoms with E-state index in [0.717, 1.165) is 73.3 Å². The third kappa shape index (κ3) is 7.91. The third-order valence-corrected chi connectivity index (χ3v) is 15.8. The SMILES string of the molecule is CC1(C)c2ccccc2-c2cc(-c3cc4c(cc3Nc3cc(N(c5ccccc5)c5ccccc5-c5ccccc5)cc(N(c5ccccc5)c5ccccc5-c5ccccc5)c3)C(C)(C)c3ccccc3-4)ccc21. The molecule has 2 aliphatic carbocycles. The zero-order valence-corrected chi connectivity index (χ0v) is 42.8. The summed E-state index contributed by atoms with van der Waals surface area (Å²) in [7, 11) is 0. The Balaban J connectivity index is 1.07. The smallest absolute Gasteiger partial charge is 0.0540 e. The van der Waals surface area contributed by atoms with Crippen molar-refractivity contribution in [2.24, 2.45) is 0 Å². The highest BCUT2D eigenvalue weighted by Gasteiger charge is 2.38. The van der Waals surface area contributed by atoms with Gasteiger partial charge in [-0.15, -0.1) is 0 Å². The van der Waals surface area contributed by atoms with Crippen molar-refractivity contribution in [2.75, 3.05) is 15.1 Å². The van der Waals surface area contributed by atoms with Crippen LogP contribution in [0.5, 0.6) is 0 Å². The highest BCUT2D eigenvalue weighted by molar-refractivity contribution is 5.97. The van der Waals surface area contributed by atoms with Gasteiger partial charge in [0, 0.05) is 50.3 Å². The van der Waals surface area contributed by atoms with Crippen LogP contribution in [0.1, 0.15) is 49.9 Å². The van der Waals surface area contributed by atoms with Gasteiger partial charge in [0.05, 0.1) is 22.7 Å². The maximum absolute atomic E-state index is 4.20. The normalized spacial score (nSPS) is 13.3. The fourth-order valence-electron chi connectivity index (χ4n) is 12.1. The molecule has 0 heterocycles. The number of fused-ring (bicyclic) bond motifs is 6. The number of nitrogens with zero attached hydrogens (tertiary/aromatic N) is 2. The van der Waals surface area contributed by atoms with Crippen LogP contribution >= 0.6 is 0 Å². The van der Waals surface area contributed by atoms with Crippen molar-refractivity contribution >= 4 is 45.5 Å². The van der Waals surface area contributed by atoms with E-state index in [9.17, 15) is 0 Å². The molecule has 0 bridgehead atoms. The highest BCUT2D eigenvalue weighted by atomic mass is 15.2. The van der Waals surface area contributed by atoms with E-state index in [0.29, 0.717) is 0 Å². The first kappa shape index (κ1) is 45.7. The van der Waals surface area contributed by atoms with Gasteiger partial charge in [-0.3, -0.25) is 0 Å². The summed E-state index contributed by atoms with van der Waals surface area (Å²) >= 11 is 0. The summed E-state index contributed by atoms with van der Waals surface area (Å²) in [5.74, 6) is 0. The second-order valence-corrected chi connectivity index (χ2v) is 21.0. The molecule has 1 N–H and O–H groups in total. The molecule has 0 fully saturated rings. The third-order valence-electron chi connectivity index (χ3n) is 15.8. The predicted octanol–water partition coefficient (Wildman–Crippen LogP) is 20.0. The van der Waals surface area contributed by atoms with Gasteiger partial charge in [0.2, 0.25) is 0 Å². The molecule has 2 aliphatic rings. The van der Waals surface area contributed by atoms with E-state index in [1.54, 1.807) is 0 Å². The molecule has 0 saturated carbocycles. The lowest BCUT2D eigenvalue weighted by Gasteiger charge is -2.32. The first-order chi connectivity index (χ1) is 36.7. The van der Waals surface area contributed by atoms with Crippen LogP contribution < -0.4 is 15.1 Å². The second-order valence-electron chi connectivity index (χ2n) is 21.0. The minimum absolute atomic E-state index is 0.100. The minimum Gasteiger partial charge on any atom is -0.355 e. The molecule has 360 valence electrons. The molecular weight excluding hydrogens is 907 g/mol. The maximum atomic E-state index is 4.20. The zero-order valence-electron chi connectivity index (χ0n) is 42.8. The molecule has 0 saturated heterocycles. The van der Waals surface area contributed by atoms with Crippen LogP contribution in [-0.2, 0) is 10.8 Å². The van der Waals surface area contributed by atoms with E-state index in [4.69, 9.17) is 0 Å². The van der Waals surface area contributed by atoms with E-state index in [-0.39, 0.29) is 10.8 Å². The molecule has 11 aromatic carbocycles. The van der Waals surface area contributed by atoms with Crippen LogP contribution in [0.4, 0.5) is 45.5 Å². The Morgan fingerprint density at radius 1 is 0.267 bits per heavy atom. The van der Waals surface area contributed by atoms with Gasteiger partial charge in [0.25, 0.3) is 0 Å². The van der Waals surface area contributed by atoms with Crippen molar-refractivity contribution in [1.29, 1.82) is 0 Å². The molecule has 75 heavy (non-hydrogen) atoms. The first-order valence-corrected chi connectivity index (χ1v) is 26.2. The largest absolute Gasteiger partial charge is 0.355 e. The van der Waals surface area contributed by atoms with E-state index in [2.05, 4.69) is 310 Å². The molecule has 0 aliphatic heterocycles. The van der Waals surface area contributed by atoms with Gasteiger partial charge in [-0.2, -0.15) is 0 Å². The van der Waals surface area contributed by atoms with Gasteiger partial charge in [-0.05, 0) is 134 Å². The number of hydrogen-bond donors (Lipinski definition) is 1. The maximum Gasteiger partial charge on any atom is 0.0540 e. The fourth-order valence-corrected chi connectivity index (χ4v) is 12.1. The van der Waals surface area contributed by atoms with Crippen molar-refractivity contribution in [3.8, 4) is 55.6 Å². The molecule has 0 amide bonds. The summed E-state index contributed by atoms with van der Waals surface area (Å²) in [4.78, 5) is 4.85. The Morgan fingerprint density at radius 2 is 0.667 bits per heavy atom. The quantitative estimate of drug-likeness (QED) is 0.139. The minimum atomic E-state index is -0.217. The first-order valence-electron chi connectivity index (χ1n) is 26.2. The topological polar surface area (TPSA) is 18.5 Å². The zero-order chi connectivity index (χ0) is 50.7. The van der Waals surface area contributed by atoms with Crippen molar-refractivity contribution in [3.63, 3.8) is 0 Å². The molecule has 0 unspecified atom stereocenters. The number of hydrogen-bond acceptors (Lipinski definition) is 3. The fraction of sp³-hybridized carbons (Fsp3) is 0.0833. The Morgan fingerprint density at radius 3 is 1.17 bits per heavy atom. The lowest BCUT2D eigenvalue weighted by molar-refractivity contribution is 0.660. The summed E-state index contributed by atoms with van der Waals surface area (Å²) < 4.78 is 0. The van der Waals surface area contributed by atoms with Gasteiger partial charge >= 0.3 is 0 Å². The van der Waals surface area contributed by atoms with E-state index >= 15 is 0 Å². The molecule has 0 radical (unpaired) electrons. The van der Waals surface area contributed by atoms with E-state index in [1.165, 1.54) is 50.1 Å². The lowest BCUT2D eigenvalue weighted by Crippen LogP contribution is -2.16. The molecule has 11 aromatic rings. The number of para-hydroxylation sites is 4. The Labute approximate surface area is 441 Å². The summed E-state index contributed by atoms with van der Waals surface area (Å²) in [5.41, 5.74) is 25.5. The average molecular weight is 964 g/mol. The van der Waals surface area contributed by atoms with E-state index in [1.807, 2.05) is 0 Å². The highest BCUT2D eigenvalue weighted by Crippen LogP contribution is 2.55. The van der Waals surface area contributed by atoms with E-state index < -0.39 is 0 Å². The van der Waals surface area contributed by atoms with Gasteiger partial charge in [-0.1, -0.05) is 222 Å². The van der Waals surface area contributed by atoms with Crippen LogP contribution in [0.2, 0.25) is 0 Å². The van der Waals surface area contributed by atoms with Gasteiger partial charge < -0.3 is 15.1 Å². The van der Waals surface area contributed by atoms with Crippen LogP contribution in [-0.4, -0.2) is 0 Å². The van der Waals surface area contributed by atoms with Crippen LogP contribution in [0, 0.1) is 0 Å². The molecule has 3 heteroatoms. The van der Waals surface area contributed by atoms with Gasteiger partial charge in [-0.25, -0.2) is 0 Å².